The van der Waals surface area contributed by atoms with E-state index >= 15 is 0 Å². The van der Waals surface area contributed by atoms with Crippen molar-refractivity contribution in [2.45, 2.75) is 36.6 Å². The lowest BCUT2D eigenvalue weighted by Crippen LogP contribution is -2.04. The molecule has 0 spiro atoms. The monoisotopic (exact) mass is 360 g/mol. The predicted molar refractivity (Wildman–Crippen MR) is 116 cm³/mol. The molecule has 2 heteroatoms. The SMILES string of the molecule is C[CH2][Al]([CH2]C)[CH2]C.Oc1c(-c2ccccc2)cccc1-c1ccccc1. The molecule has 134 valence electrons. The summed E-state index contributed by atoms with van der Waals surface area (Å²) in [5, 5.41) is 15.0. The second-order valence-electron chi connectivity index (χ2n) is 6.52. The number of hydrogen-bond acceptors (Lipinski definition) is 1. The van der Waals surface area contributed by atoms with Crippen molar-refractivity contribution in [3.8, 4) is 28.0 Å². The van der Waals surface area contributed by atoms with Gasteiger partial charge < -0.3 is 5.11 Å². The molecule has 0 aliphatic carbocycles. The van der Waals surface area contributed by atoms with Crippen molar-refractivity contribution in [3.05, 3.63) is 78.9 Å². The van der Waals surface area contributed by atoms with Gasteiger partial charge >= 0.3 is 0 Å². The van der Waals surface area contributed by atoms with Gasteiger partial charge in [0, 0.05) is 11.1 Å². The minimum Gasteiger partial charge on any atom is -0.507 e. The van der Waals surface area contributed by atoms with E-state index in [1.165, 1.54) is 15.8 Å². The number of benzene rings is 3. The summed E-state index contributed by atoms with van der Waals surface area (Å²) in [6, 6.07) is 25.7. The molecule has 26 heavy (non-hydrogen) atoms. The molecule has 3 rings (SSSR count). The minimum absolute atomic E-state index is 0.171. The fourth-order valence-electron chi connectivity index (χ4n) is 3.11. The average molecular weight is 360 g/mol. The molecule has 1 nitrogen and oxygen atoms in total. The van der Waals surface area contributed by atoms with Crippen LogP contribution in [0.2, 0.25) is 15.8 Å². The van der Waals surface area contributed by atoms with E-state index in [0.717, 1.165) is 22.3 Å². The summed E-state index contributed by atoms with van der Waals surface area (Å²) in [7, 11) is 0. The lowest BCUT2D eigenvalue weighted by molar-refractivity contribution is 0.479. The van der Waals surface area contributed by atoms with Crippen LogP contribution in [0, 0.1) is 0 Å². The number of rotatable bonds is 5. The van der Waals surface area contributed by atoms with E-state index < -0.39 is 0 Å². The lowest BCUT2D eigenvalue weighted by atomic mass is 9.97. The second-order valence-corrected chi connectivity index (χ2v) is 10.7. The highest BCUT2D eigenvalue weighted by molar-refractivity contribution is 6.58. The maximum Gasteiger partial charge on any atom is 0.261 e. The van der Waals surface area contributed by atoms with Crippen molar-refractivity contribution in [3.63, 3.8) is 0 Å². The summed E-state index contributed by atoms with van der Waals surface area (Å²) >= 11 is -0.171. The topological polar surface area (TPSA) is 20.2 Å². The molecule has 0 unspecified atom stereocenters. The van der Waals surface area contributed by atoms with Gasteiger partial charge in [0.15, 0.2) is 0 Å². The summed E-state index contributed by atoms with van der Waals surface area (Å²) in [5.74, 6) is 0.333. The van der Waals surface area contributed by atoms with Gasteiger partial charge in [-0.1, -0.05) is 115 Å². The molecular formula is C24H29AlO. The number of hydrogen-bond donors (Lipinski definition) is 1. The van der Waals surface area contributed by atoms with Gasteiger partial charge in [0.1, 0.15) is 5.75 Å². The molecule has 1 N–H and O–H groups in total. The fraction of sp³-hybridized carbons (Fsp3) is 0.250. The highest BCUT2D eigenvalue weighted by Crippen LogP contribution is 2.37. The van der Waals surface area contributed by atoms with Gasteiger partial charge in [-0.25, -0.2) is 0 Å². The summed E-state index contributed by atoms with van der Waals surface area (Å²) in [5.41, 5.74) is 3.78. The number of para-hydroxylation sites is 1. The molecular weight excluding hydrogens is 331 g/mol. The Balaban J connectivity index is 0.000000298. The Labute approximate surface area is 162 Å². The predicted octanol–water partition coefficient (Wildman–Crippen LogP) is 7.27. The Morgan fingerprint density at radius 3 is 1.27 bits per heavy atom. The van der Waals surface area contributed by atoms with Crippen molar-refractivity contribution in [2.24, 2.45) is 0 Å². The van der Waals surface area contributed by atoms with E-state index in [0.29, 0.717) is 5.75 Å². The van der Waals surface area contributed by atoms with Crippen LogP contribution in [0.3, 0.4) is 0 Å². The summed E-state index contributed by atoms with van der Waals surface area (Å²) in [6.45, 7) is 6.97. The molecule has 0 bridgehead atoms. The molecule has 0 heterocycles. The smallest absolute Gasteiger partial charge is 0.261 e. The van der Waals surface area contributed by atoms with E-state index in [2.05, 4.69) is 20.8 Å². The van der Waals surface area contributed by atoms with Crippen LogP contribution in [0.25, 0.3) is 22.3 Å². The zero-order valence-corrected chi connectivity index (χ0v) is 17.3. The van der Waals surface area contributed by atoms with Crippen molar-refractivity contribution < 1.29 is 5.11 Å². The fourth-order valence-corrected chi connectivity index (χ4v) is 4.84. The van der Waals surface area contributed by atoms with Crippen LogP contribution < -0.4 is 0 Å². The maximum atomic E-state index is 10.5. The third-order valence-corrected chi connectivity index (χ3v) is 8.40. The Morgan fingerprint density at radius 1 is 0.577 bits per heavy atom. The largest absolute Gasteiger partial charge is 0.507 e. The Bertz CT molecular complexity index is 701. The Hall–Kier alpha value is -2.01. The third kappa shape index (κ3) is 5.50. The first-order chi connectivity index (χ1) is 12.7. The van der Waals surface area contributed by atoms with Gasteiger partial charge in [0.25, 0.3) is 14.1 Å². The van der Waals surface area contributed by atoms with Crippen LogP contribution in [0.1, 0.15) is 20.8 Å². The van der Waals surface area contributed by atoms with Crippen LogP contribution in [0.4, 0.5) is 0 Å². The highest BCUT2D eigenvalue weighted by atomic mass is 27.2. The maximum absolute atomic E-state index is 10.5. The van der Waals surface area contributed by atoms with E-state index in [4.69, 9.17) is 0 Å². The van der Waals surface area contributed by atoms with E-state index in [1.807, 2.05) is 78.9 Å². The molecule has 0 atom stereocenters. The second kappa shape index (κ2) is 10.9. The lowest BCUT2D eigenvalue weighted by Gasteiger charge is -2.10. The van der Waals surface area contributed by atoms with Gasteiger partial charge in [-0.05, 0) is 11.1 Å². The van der Waals surface area contributed by atoms with Gasteiger partial charge in [-0.2, -0.15) is 0 Å². The molecule has 3 aromatic carbocycles. The molecule has 0 saturated heterocycles. The molecule has 3 aromatic rings. The summed E-state index contributed by atoms with van der Waals surface area (Å²) in [6.07, 6.45) is 0. The van der Waals surface area contributed by atoms with Crippen molar-refractivity contribution in [2.75, 3.05) is 0 Å². The van der Waals surface area contributed by atoms with Crippen molar-refractivity contribution >= 4 is 14.1 Å². The quantitative estimate of drug-likeness (QED) is 0.474. The molecule has 0 radical (unpaired) electrons. The van der Waals surface area contributed by atoms with E-state index in [1.54, 1.807) is 0 Å². The van der Waals surface area contributed by atoms with Crippen LogP contribution in [0.15, 0.2) is 78.9 Å². The van der Waals surface area contributed by atoms with Crippen molar-refractivity contribution in [1.29, 1.82) is 0 Å². The Kier molecular flexibility index (Phi) is 8.49. The zero-order chi connectivity index (χ0) is 18.8. The number of phenols is 1. The molecule has 0 amide bonds. The molecule has 0 aliphatic heterocycles. The highest BCUT2D eigenvalue weighted by Gasteiger charge is 2.09. The number of aromatic hydroxyl groups is 1. The van der Waals surface area contributed by atoms with E-state index in [9.17, 15) is 5.11 Å². The standard InChI is InChI=1S/C18H14O.3C2H5.Al/c19-18-16(14-8-3-1-4-9-14)12-7-13-17(18)15-10-5-2-6-11-15;3*1-2;/h1-13,19H;3*1H2,2H3;. The first-order valence-corrected chi connectivity index (χ1v) is 12.1. The Morgan fingerprint density at radius 2 is 0.962 bits per heavy atom. The molecule has 0 fully saturated rings. The normalized spacial score (nSPS) is 9.96. The van der Waals surface area contributed by atoms with Gasteiger partial charge in [-0.15, -0.1) is 0 Å². The molecule has 0 aromatic heterocycles. The van der Waals surface area contributed by atoms with Gasteiger partial charge in [0.2, 0.25) is 0 Å². The minimum atomic E-state index is -0.171. The first kappa shape index (κ1) is 20.3. The average Bonchev–Trinajstić information content (AvgIpc) is 2.71. The molecule has 0 aliphatic rings. The van der Waals surface area contributed by atoms with Gasteiger partial charge in [0.05, 0.1) is 0 Å². The van der Waals surface area contributed by atoms with Crippen molar-refractivity contribution in [1.82, 2.24) is 0 Å². The van der Waals surface area contributed by atoms with Crippen LogP contribution in [0.5, 0.6) is 5.75 Å². The van der Waals surface area contributed by atoms with Gasteiger partial charge in [-0.3, -0.25) is 0 Å². The molecule has 0 saturated carbocycles. The first-order valence-electron chi connectivity index (χ1n) is 9.64. The van der Waals surface area contributed by atoms with E-state index in [-0.39, 0.29) is 14.1 Å². The number of phenolic OH excluding ortho intramolecular Hbond substituents is 1. The van der Waals surface area contributed by atoms with Crippen LogP contribution in [-0.4, -0.2) is 19.3 Å². The van der Waals surface area contributed by atoms with Crippen LogP contribution in [-0.2, 0) is 0 Å². The zero-order valence-electron chi connectivity index (χ0n) is 16.2. The summed E-state index contributed by atoms with van der Waals surface area (Å²) < 4.78 is 0. The van der Waals surface area contributed by atoms with Crippen LogP contribution >= 0.6 is 0 Å². The summed E-state index contributed by atoms with van der Waals surface area (Å²) in [4.78, 5) is 0. The third-order valence-electron chi connectivity index (χ3n) is 4.94.